The number of aromatic nitrogens is 2. The molecule has 3 aromatic rings. The van der Waals surface area contributed by atoms with Gasteiger partial charge < -0.3 is 19.5 Å². The number of aliphatic hydroxyl groups excluding tert-OH is 1. The molecule has 2 heterocycles. The largest absolute Gasteiger partial charge is 0.497 e. The lowest BCUT2D eigenvalue weighted by molar-refractivity contribution is -0.137. The SMILES string of the molecule is COc1cc(OC)cc(-c2nn(-c3cc(N4CCC(O)CC4)ccc3C(F)(F)F)c(=O)c3c2CCC3)c1. The van der Waals surface area contributed by atoms with Crippen LogP contribution in [0, 0.1) is 0 Å². The molecule has 0 unspecified atom stereocenters. The highest BCUT2D eigenvalue weighted by Gasteiger charge is 2.36. The van der Waals surface area contributed by atoms with E-state index in [1.54, 1.807) is 18.2 Å². The van der Waals surface area contributed by atoms with Crippen molar-refractivity contribution in [3.63, 3.8) is 0 Å². The van der Waals surface area contributed by atoms with Crippen LogP contribution in [0.1, 0.15) is 36.0 Å². The molecule has 2 aromatic carbocycles. The predicted octanol–water partition coefficient (Wildman–Crippen LogP) is 4.39. The number of fused-ring (bicyclic) bond motifs is 1. The molecule has 0 bridgehead atoms. The topological polar surface area (TPSA) is 76.8 Å². The first-order valence-corrected chi connectivity index (χ1v) is 12.2. The van der Waals surface area contributed by atoms with Crippen molar-refractivity contribution in [2.75, 3.05) is 32.2 Å². The van der Waals surface area contributed by atoms with E-state index >= 15 is 0 Å². The summed E-state index contributed by atoms with van der Waals surface area (Å²) in [4.78, 5) is 15.5. The summed E-state index contributed by atoms with van der Waals surface area (Å²) < 4.78 is 54.2. The number of piperidine rings is 1. The lowest BCUT2D eigenvalue weighted by atomic mass is 10.0. The Morgan fingerprint density at radius 1 is 0.973 bits per heavy atom. The maximum Gasteiger partial charge on any atom is 0.418 e. The normalized spacial score (nSPS) is 16.1. The van der Waals surface area contributed by atoms with E-state index in [1.165, 1.54) is 26.4 Å². The molecule has 0 radical (unpaired) electrons. The molecule has 1 aliphatic carbocycles. The number of alkyl halides is 3. The summed E-state index contributed by atoms with van der Waals surface area (Å²) >= 11 is 0. The van der Waals surface area contributed by atoms with Crippen LogP contribution in [0.4, 0.5) is 18.9 Å². The fourth-order valence-corrected chi connectivity index (χ4v) is 5.17. The van der Waals surface area contributed by atoms with E-state index in [9.17, 15) is 23.1 Å². The van der Waals surface area contributed by atoms with Crippen LogP contribution in [0.25, 0.3) is 16.9 Å². The molecule has 0 saturated carbocycles. The molecule has 10 heteroatoms. The molecule has 37 heavy (non-hydrogen) atoms. The van der Waals surface area contributed by atoms with E-state index in [2.05, 4.69) is 5.10 Å². The van der Waals surface area contributed by atoms with E-state index in [1.807, 2.05) is 4.90 Å². The molecule has 1 saturated heterocycles. The minimum absolute atomic E-state index is 0.313. The molecule has 0 atom stereocenters. The summed E-state index contributed by atoms with van der Waals surface area (Å²) in [7, 11) is 3.02. The standard InChI is InChI=1S/C27H28F3N3O4/c1-36-19-12-16(13-20(15-19)37-2)25-21-4-3-5-22(21)26(35)33(31-25)24-14-17(6-7-23(24)27(28,29)30)32-10-8-18(34)9-11-32/h6-7,12-15,18,34H,3-5,8-11H2,1-2H3. The fourth-order valence-electron chi connectivity index (χ4n) is 5.17. The monoisotopic (exact) mass is 515 g/mol. The fraction of sp³-hybridized carbons (Fsp3) is 0.407. The van der Waals surface area contributed by atoms with E-state index in [-0.39, 0.29) is 5.69 Å². The third-order valence-electron chi connectivity index (χ3n) is 7.12. The molecule has 0 amide bonds. The van der Waals surface area contributed by atoms with Gasteiger partial charge in [-0.2, -0.15) is 23.0 Å². The van der Waals surface area contributed by atoms with Crippen LogP contribution >= 0.6 is 0 Å². The van der Waals surface area contributed by atoms with Gasteiger partial charge in [-0.05, 0) is 68.0 Å². The summed E-state index contributed by atoms with van der Waals surface area (Å²) in [6.45, 7) is 1.01. The Bertz CT molecular complexity index is 1360. The minimum Gasteiger partial charge on any atom is -0.497 e. The van der Waals surface area contributed by atoms with Gasteiger partial charge in [-0.1, -0.05) is 0 Å². The molecule has 7 nitrogen and oxygen atoms in total. The molecule has 0 spiro atoms. The molecule has 1 N–H and O–H groups in total. The number of hydrogen-bond acceptors (Lipinski definition) is 6. The van der Waals surface area contributed by atoms with E-state index < -0.39 is 23.4 Å². The number of hydrogen-bond donors (Lipinski definition) is 1. The number of halogens is 3. The molecule has 1 aromatic heterocycles. The summed E-state index contributed by atoms with van der Waals surface area (Å²) in [6.07, 6.45) is -2.28. The number of ether oxygens (including phenoxy) is 2. The summed E-state index contributed by atoms with van der Waals surface area (Å²) in [6, 6.07) is 8.96. The number of anilines is 1. The van der Waals surface area contributed by atoms with Crippen LogP contribution in [-0.2, 0) is 19.0 Å². The second-order valence-electron chi connectivity index (χ2n) is 9.39. The van der Waals surface area contributed by atoms with Crippen LogP contribution in [0.3, 0.4) is 0 Å². The predicted molar refractivity (Wildman–Crippen MR) is 133 cm³/mol. The van der Waals surface area contributed by atoms with Gasteiger partial charge in [-0.25, -0.2) is 0 Å². The average molecular weight is 516 g/mol. The Hall–Kier alpha value is -3.53. The minimum atomic E-state index is -4.69. The van der Waals surface area contributed by atoms with E-state index in [4.69, 9.17) is 9.47 Å². The zero-order valence-electron chi connectivity index (χ0n) is 20.6. The van der Waals surface area contributed by atoms with Crippen molar-refractivity contribution >= 4 is 5.69 Å². The maximum absolute atomic E-state index is 14.2. The van der Waals surface area contributed by atoms with Gasteiger partial charge in [0.05, 0.1) is 37.3 Å². The Morgan fingerprint density at radius 3 is 2.24 bits per heavy atom. The van der Waals surface area contributed by atoms with Gasteiger partial charge in [0, 0.05) is 36.0 Å². The molecular weight excluding hydrogens is 487 g/mol. The number of aliphatic hydroxyl groups is 1. The second-order valence-corrected chi connectivity index (χ2v) is 9.39. The van der Waals surface area contributed by atoms with Crippen molar-refractivity contribution in [1.29, 1.82) is 0 Å². The number of benzene rings is 2. The first-order chi connectivity index (χ1) is 17.7. The highest BCUT2D eigenvalue weighted by Crippen LogP contribution is 2.38. The Balaban J connectivity index is 1.73. The summed E-state index contributed by atoms with van der Waals surface area (Å²) in [5.41, 5.74) is 1.01. The van der Waals surface area contributed by atoms with Crippen LogP contribution in [0.5, 0.6) is 11.5 Å². The maximum atomic E-state index is 14.2. The summed E-state index contributed by atoms with van der Waals surface area (Å²) in [5.74, 6) is 1.01. The molecule has 2 aliphatic rings. The third-order valence-corrected chi connectivity index (χ3v) is 7.12. The first kappa shape index (κ1) is 25.1. The van der Waals surface area contributed by atoms with Gasteiger partial charge in [-0.3, -0.25) is 4.79 Å². The van der Waals surface area contributed by atoms with Crippen molar-refractivity contribution in [2.45, 2.75) is 44.4 Å². The zero-order chi connectivity index (χ0) is 26.3. The lowest BCUT2D eigenvalue weighted by Gasteiger charge is -2.32. The van der Waals surface area contributed by atoms with Gasteiger partial charge >= 0.3 is 6.18 Å². The second kappa shape index (κ2) is 9.74. The Morgan fingerprint density at radius 2 is 1.62 bits per heavy atom. The first-order valence-electron chi connectivity index (χ1n) is 12.2. The Labute approximate surface area is 212 Å². The van der Waals surface area contributed by atoms with Gasteiger partial charge in [0.15, 0.2) is 0 Å². The Kier molecular flexibility index (Phi) is 6.61. The van der Waals surface area contributed by atoms with Crippen LogP contribution in [-0.4, -0.2) is 48.3 Å². The number of nitrogens with zero attached hydrogens (tertiary/aromatic N) is 3. The van der Waals surface area contributed by atoms with Crippen LogP contribution in [0.15, 0.2) is 41.2 Å². The van der Waals surface area contributed by atoms with E-state index in [0.717, 1.165) is 16.3 Å². The smallest absolute Gasteiger partial charge is 0.418 e. The van der Waals surface area contributed by atoms with Gasteiger partial charge in [0.25, 0.3) is 5.56 Å². The lowest BCUT2D eigenvalue weighted by Crippen LogP contribution is -2.36. The average Bonchev–Trinajstić information content (AvgIpc) is 3.39. The molecular formula is C27H28F3N3O4. The van der Waals surface area contributed by atoms with E-state index in [0.29, 0.717) is 79.2 Å². The quantitative estimate of drug-likeness (QED) is 0.544. The van der Waals surface area contributed by atoms with Crippen LogP contribution < -0.4 is 19.9 Å². The van der Waals surface area contributed by atoms with Crippen LogP contribution in [0.2, 0.25) is 0 Å². The van der Waals surface area contributed by atoms with Crippen molar-refractivity contribution in [3.8, 4) is 28.4 Å². The van der Waals surface area contributed by atoms with Crippen molar-refractivity contribution in [1.82, 2.24) is 9.78 Å². The van der Waals surface area contributed by atoms with Gasteiger partial charge in [-0.15, -0.1) is 0 Å². The van der Waals surface area contributed by atoms with Gasteiger partial charge in [0.1, 0.15) is 11.5 Å². The van der Waals surface area contributed by atoms with Crippen molar-refractivity contribution < 1.29 is 27.8 Å². The number of rotatable bonds is 5. The molecule has 5 rings (SSSR count). The van der Waals surface area contributed by atoms with Crippen molar-refractivity contribution in [3.05, 3.63) is 63.4 Å². The third kappa shape index (κ3) is 4.77. The molecule has 196 valence electrons. The summed E-state index contributed by atoms with van der Waals surface area (Å²) in [5, 5.41) is 14.4. The number of methoxy groups -OCH3 is 2. The van der Waals surface area contributed by atoms with Gasteiger partial charge in [0.2, 0.25) is 0 Å². The molecule has 1 fully saturated rings. The highest BCUT2D eigenvalue weighted by molar-refractivity contribution is 5.69. The zero-order valence-corrected chi connectivity index (χ0v) is 20.6. The highest BCUT2D eigenvalue weighted by atomic mass is 19.4. The molecule has 1 aliphatic heterocycles. The van der Waals surface area contributed by atoms with Crippen molar-refractivity contribution in [2.24, 2.45) is 0 Å².